The molecular weight excluding hydrogens is 285 g/mol. The fraction of sp³-hybridized carbons (Fsp3) is 0.125. The van der Waals surface area contributed by atoms with Crippen LogP contribution in [-0.2, 0) is 6.54 Å². The summed E-state index contributed by atoms with van der Waals surface area (Å²) in [5, 5.41) is 4.76. The van der Waals surface area contributed by atoms with Crippen LogP contribution in [0.3, 0.4) is 0 Å². The van der Waals surface area contributed by atoms with E-state index in [-0.39, 0.29) is 5.82 Å². The quantitative estimate of drug-likeness (QED) is 0.746. The molecule has 2 aromatic carbocycles. The predicted octanol–water partition coefficient (Wildman–Crippen LogP) is 3.64. The van der Waals surface area contributed by atoms with Gasteiger partial charge in [0.05, 0.1) is 10.4 Å². The van der Waals surface area contributed by atoms with Crippen LogP contribution in [0.4, 0.5) is 4.39 Å². The van der Waals surface area contributed by atoms with Crippen LogP contribution < -0.4 is 5.32 Å². The highest BCUT2D eigenvalue weighted by molar-refractivity contribution is 7.99. The lowest BCUT2D eigenvalue weighted by Gasteiger charge is -2.10. The van der Waals surface area contributed by atoms with Crippen molar-refractivity contribution in [1.82, 2.24) is 15.3 Å². The smallest absolute Gasteiger partial charge is 0.137 e. The third-order valence-electron chi connectivity index (χ3n) is 3.12. The Balaban J connectivity index is 2.07. The molecule has 21 heavy (non-hydrogen) atoms. The van der Waals surface area contributed by atoms with Crippen molar-refractivity contribution in [2.75, 3.05) is 7.05 Å². The Morgan fingerprint density at radius 1 is 1.10 bits per heavy atom. The minimum atomic E-state index is -0.226. The molecule has 3 aromatic rings. The summed E-state index contributed by atoms with van der Waals surface area (Å²) >= 11 is 1.34. The number of benzene rings is 2. The summed E-state index contributed by atoms with van der Waals surface area (Å²) in [5.41, 5.74) is 1.78. The van der Waals surface area contributed by atoms with Gasteiger partial charge in [-0.05, 0) is 24.7 Å². The van der Waals surface area contributed by atoms with Crippen LogP contribution in [0.5, 0.6) is 0 Å². The van der Waals surface area contributed by atoms with Gasteiger partial charge in [0, 0.05) is 11.9 Å². The van der Waals surface area contributed by atoms with Crippen molar-refractivity contribution >= 4 is 22.7 Å². The first kappa shape index (κ1) is 14.0. The maximum Gasteiger partial charge on any atom is 0.137 e. The fourth-order valence-corrected chi connectivity index (χ4v) is 3.17. The molecule has 0 spiro atoms. The van der Waals surface area contributed by atoms with Gasteiger partial charge >= 0.3 is 0 Å². The molecule has 3 rings (SSSR count). The summed E-state index contributed by atoms with van der Waals surface area (Å²) in [7, 11) is 1.85. The molecule has 0 aliphatic rings. The van der Waals surface area contributed by atoms with Gasteiger partial charge in [-0.15, -0.1) is 0 Å². The van der Waals surface area contributed by atoms with Crippen molar-refractivity contribution in [3.8, 4) is 0 Å². The standard InChI is InChI=1S/C16H14FN3S/c1-18-9-11-5-4-7-13(17)15(11)21-16-12-6-2-3-8-14(12)19-10-20-16/h2-8,10,18H,9H2,1H3. The maximum absolute atomic E-state index is 14.2. The molecule has 106 valence electrons. The average molecular weight is 299 g/mol. The molecule has 0 aliphatic heterocycles. The van der Waals surface area contributed by atoms with Crippen molar-refractivity contribution in [3.63, 3.8) is 0 Å². The first-order chi connectivity index (χ1) is 10.3. The average Bonchev–Trinajstić information content (AvgIpc) is 2.51. The number of nitrogens with one attached hydrogen (secondary N) is 1. The first-order valence-corrected chi connectivity index (χ1v) is 7.41. The number of hydrogen-bond acceptors (Lipinski definition) is 4. The Morgan fingerprint density at radius 3 is 2.81 bits per heavy atom. The summed E-state index contributed by atoms with van der Waals surface area (Å²) in [6.45, 7) is 0.614. The van der Waals surface area contributed by atoms with Gasteiger partial charge in [0.2, 0.25) is 0 Å². The molecule has 0 saturated carbocycles. The van der Waals surface area contributed by atoms with Crippen molar-refractivity contribution < 1.29 is 4.39 Å². The fourth-order valence-electron chi connectivity index (χ4n) is 2.16. The van der Waals surface area contributed by atoms with Gasteiger partial charge in [-0.25, -0.2) is 14.4 Å². The monoisotopic (exact) mass is 299 g/mol. The third-order valence-corrected chi connectivity index (χ3v) is 4.30. The number of hydrogen-bond donors (Lipinski definition) is 1. The van der Waals surface area contributed by atoms with Crippen LogP contribution >= 0.6 is 11.8 Å². The SMILES string of the molecule is CNCc1cccc(F)c1Sc1ncnc2ccccc12. The Kier molecular flexibility index (Phi) is 4.13. The normalized spacial score (nSPS) is 11.0. The number of halogens is 1. The Morgan fingerprint density at radius 2 is 1.95 bits per heavy atom. The molecule has 1 N–H and O–H groups in total. The van der Waals surface area contributed by atoms with Gasteiger partial charge < -0.3 is 5.32 Å². The lowest BCUT2D eigenvalue weighted by atomic mass is 10.2. The van der Waals surface area contributed by atoms with E-state index in [1.165, 1.54) is 24.2 Å². The number of rotatable bonds is 4. The van der Waals surface area contributed by atoms with E-state index in [1.54, 1.807) is 6.07 Å². The molecule has 0 bridgehead atoms. The Hall–Kier alpha value is -1.98. The molecule has 0 radical (unpaired) electrons. The van der Waals surface area contributed by atoms with E-state index in [0.717, 1.165) is 21.5 Å². The van der Waals surface area contributed by atoms with Crippen LogP contribution in [0.1, 0.15) is 5.56 Å². The second kappa shape index (κ2) is 6.20. The van der Waals surface area contributed by atoms with Crippen LogP contribution in [0.25, 0.3) is 10.9 Å². The van der Waals surface area contributed by atoms with E-state index in [0.29, 0.717) is 11.4 Å². The highest BCUT2D eigenvalue weighted by atomic mass is 32.2. The number of aromatic nitrogens is 2. The summed E-state index contributed by atoms with van der Waals surface area (Å²) in [6, 6.07) is 12.9. The second-order valence-electron chi connectivity index (χ2n) is 4.56. The lowest BCUT2D eigenvalue weighted by Crippen LogP contribution is -2.07. The van der Waals surface area contributed by atoms with E-state index >= 15 is 0 Å². The van der Waals surface area contributed by atoms with Crippen LogP contribution in [0, 0.1) is 5.82 Å². The van der Waals surface area contributed by atoms with Gasteiger partial charge in [-0.2, -0.15) is 0 Å². The van der Waals surface area contributed by atoms with E-state index in [2.05, 4.69) is 15.3 Å². The van der Waals surface area contributed by atoms with Crippen molar-refractivity contribution in [1.29, 1.82) is 0 Å². The minimum Gasteiger partial charge on any atom is -0.316 e. The molecule has 3 nitrogen and oxygen atoms in total. The summed E-state index contributed by atoms with van der Waals surface area (Å²) in [5.74, 6) is -0.226. The van der Waals surface area contributed by atoms with Crippen LogP contribution in [0.15, 0.2) is 58.7 Å². The molecular formula is C16H14FN3S. The molecule has 1 heterocycles. The molecule has 0 amide bonds. The lowest BCUT2D eigenvalue weighted by molar-refractivity contribution is 0.594. The molecule has 5 heteroatoms. The zero-order valence-electron chi connectivity index (χ0n) is 11.5. The van der Waals surface area contributed by atoms with Gasteiger partial charge in [0.1, 0.15) is 17.2 Å². The highest BCUT2D eigenvalue weighted by Gasteiger charge is 2.12. The molecule has 0 unspecified atom stereocenters. The first-order valence-electron chi connectivity index (χ1n) is 6.59. The van der Waals surface area contributed by atoms with Crippen molar-refractivity contribution in [3.05, 3.63) is 60.2 Å². The number of para-hydroxylation sites is 1. The van der Waals surface area contributed by atoms with E-state index in [9.17, 15) is 4.39 Å². The van der Waals surface area contributed by atoms with Crippen molar-refractivity contribution in [2.24, 2.45) is 0 Å². The van der Waals surface area contributed by atoms with Gasteiger partial charge in [0.25, 0.3) is 0 Å². The highest BCUT2D eigenvalue weighted by Crippen LogP contribution is 2.34. The van der Waals surface area contributed by atoms with Crippen LogP contribution in [0.2, 0.25) is 0 Å². The van der Waals surface area contributed by atoms with E-state index in [1.807, 2.05) is 37.4 Å². The number of nitrogens with zero attached hydrogens (tertiary/aromatic N) is 2. The summed E-state index contributed by atoms with van der Waals surface area (Å²) in [4.78, 5) is 9.15. The summed E-state index contributed by atoms with van der Waals surface area (Å²) < 4.78 is 14.2. The zero-order chi connectivity index (χ0) is 14.7. The Bertz CT molecular complexity index is 771. The molecule has 1 aromatic heterocycles. The Labute approximate surface area is 126 Å². The molecule has 0 atom stereocenters. The van der Waals surface area contributed by atoms with E-state index < -0.39 is 0 Å². The van der Waals surface area contributed by atoms with Crippen LogP contribution in [-0.4, -0.2) is 17.0 Å². The van der Waals surface area contributed by atoms with Gasteiger partial charge in [-0.1, -0.05) is 42.1 Å². The molecule has 0 aliphatic carbocycles. The topological polar surface area (TPSA) is 37.8 Å². The van der Waals surface area contributed by atoms with Gasteiger partial charge in [-0.3, -0.25) is 0 Å². The third kappa shape index (κ3) is 2.89. The minimum absolute atomic E-state index is 0.226. The molecule has 0 saturated heterocycles. The zero-order valence-corrected chi connectivity index (χ0v) is 12.3. The maximum atomic E-state index is 14.2. The van der Waals surface area contributed by atoms with E-state index in [4.69, 9.17) is 0 Å². The predicted molar refractivity (Wildman–Crippen MR) is 82.8 cm³/mol. The summed E-state index contributed by atoms with van der Waals surface area (Å²) in [6.07, 6.45) is 1.52. The van der Waals surface area contributed by atoms with Crippen molar-refractivity contribution in [2.45, 2.75) is 16.5 Å². The largest absolute Gasteiger partial charge is 0.316 e. The number of fused-ring (bicyclic) bond motifs is 1. The van der Waals surface area contributed by atoms with Gasteiger partial charge in [0.15, 0.2) is 0 Å². The second-order valence-corrected chi connectivity index (χ2v) is 5.56. The molecule has 0 fully saturated rings.